The predicted molar refractivity (Wildman–Crippen MR) is 82.8 cm³/mol. The molecule has 1 saturated heterocycles. The van der Waals surface area contributed by atoms with Gasteiger partial charge in [-0.3, -0.25) is 0 Å². The molecule has 3 nitrogen and oxygen atoms in total. The summed E-state index contributed by atoms with van der Waals surface area (Å²) in [5.41, 5.74) is 2.00. The fourth-order valence-corrected chi connectivity index (χ4v) is 3.31. The molecule has 1 atom stereocenters. The van der Waals surface area contributed by atoms with Gasteiger partial charge in [0.05, 0.1) is 12.3 Å². The maximum atomic E-state index is 12.9. The number of hydrogen-bond acceptors (Lipinski definition) is 4. The Morgan fingerprint density at radius 2 is 2.19 bits per heavy atom. The lowest BCUT2D eigenvalue weighted by Gasteiger charge is -2.22. The first kappa shape index (κ1) is 14.6. The highest BCUT2D eigenvalue weighted by molar-refractivity contribution is 7.13. The van der Waals surface area contributed by atoms with Crippen LogP contribution in [0, 0.1) is 11.7 Å². The SMILES string of the molecule is Fc1ccc(-c2nc(CNCC3CCCOC3)cs2)cc1. The van der Waals surface area contributed by atoms with Crippen LogP contribution in [0.3, 0.4) is 0 Å². The average Bonchev–Trinajstić information content (AvgIpc) is 2.98. The molecule has 1 aromatic carbocycles. The normalized spacial score (nSPS) is 18.8. The van der Waals surface area contributed by atoms with Crippen molar-refractivity contribution in [2.24, 2.45) is 5.92 Å². The highest BCUT2D eigenvalue weighted by Gasteiger charge is 2.13. The van der Waals surface area contributed by atoms with E-state index in [-0.39, 0.29) is 5.82 Å². The Bertz CT molecular complexity index is 564. The van der Waals surface area contributed by atoms with E-state index in [1.807, 2.05) is 0 Å². The van der Waals surface area contributed by atoms with E-state index in [0.29, 0.717) is 5.92 Å². The van der Waals surface area contributed by atoms with E-state index in [2.05, 4.69) is 15.7 Å². The van der Waals surface area contributed by atoms with Crippen molar-refractivity contribution in [1.82, 2.24) is 10.3 Å². The Hall–Kier alpha value is -1.30. The number of rotatable bonds is 5. The molecule has 1 N–H and O–H groups in total. The minimum Gasteiger partial charge on any atom is -0.381 e. The number of hydrogen-bond donors (Lipinski definition) is 1. The molecular weight excluding hydrogens is 287 g/mol. The van der Waals surface area contributed by atoms with Gasteiger partial charge < -0.3 is 10.1 Å². The molecule has 0 amide bonds. The van der Waals surface area contributed by atoms with Gasteiger partial charge in [0.25, 0.3) is 0 Å². The molecule has 1 unspecified atom stereocenters. The smallest absolute Gasteiger partial charge is 0.123 e. The van der Waals surface area contributed by atoms with Crippen molar-refractivity contribution in [3.8, 4) is 10.6 Å². The number of benzene rings is 1. The lowest BCUT2D eigenvalue weighted by atomic mass is 10.0. The van der Waals surface area contributed by atoms with Gasteiger partial charge in [0.2, 0.25) is 0 Å². The molecule has 1 fully saturated rings. The monoisotopic (exact) mass is 306 g/mol. The Morgan fingerprint density at radius 1 is 1.33 bits per heavy atom. The number of ether oxygens (including phenoxy) is 1. The van der Waals surface area contributed by atoms with Crippen LogP contribution < -0.4 is 5.32 Å². The second-order valence-electron chi connectivity index (χ2n) is 5.36. The summed E-state index contributed by atoms with van der Waals surface area (Å²) in [5.74, 6) is 0.404. The molecule has 0 spiro atoms. The van der Waals surface area contributed by atoms with Crippen LogP contribution in [-0.4, -0.2) is 24.7 Å². The maximum absolute atomic E-state index is 12.9. The summed E-state index contributed by atoms with van der Waals surface area (Å²) in [7, 11) is 0. The molecule has 5 heteroatoms. The lowest BCUT2D eigenvalue weighted by molar-refractivity contribution is 0.0547. The molecule has 1 aromatic heterocycles. The van der Waals surface area contributed by atoms with Crippen LogP contribution in [0.2, 0.25) is 0 Å². The van der Waals surface area contributed by atoms with Crippen LogP contribution in [0.4, 0.5) is 4.39 Å². The summed E-state index contributed by atoms with van der Waals surface area (Å²) in [6.45, 7) is 3.52. The van der Waals surface area contributed by atoms with E-state index < -0.39 is 0 Å². The molecule has 21 heavy (non-hydrogen) atoms. The molecule has 0 radical (unpaired) electrons. The Balaban J connectivity index is 1.51. The van der Waals surface area contributed by atoms with Crippen molar-refractivity contribution in [2.75, 3.05) is 19.8 Å². The Kier molecular flexibility index (Phi) is 4.95. The molecule has 3 rings (SSSR count). The highest BCUT2D eigenvalue weighted by atomic mass is 32.1. The number of nitrogens with one attached hydrogen (secondary N) is 1. The predicted octanol–water partition coefficient (Wildman–Crippen LogP) is 3.47. The van der Waals surface area contributed by atoms with Crippen molar-refractivity contribution in [3.05, 3.63) is 41.2 Å². The number of halogens is 1. The third kappa shape index (κ3) is 4.09. The quantitative estimate of drug-likeness (QED) is 0.918. The number of aromatic nitrogens is 1. The van der Waals surface area contributed by atoms with Crippen LogP contribution in [0.1, 0.15) is 18.5 Å². The summed E-state index contributed by atoms with van der Waals surface area (Å²) < 4.78 is 18.4. The van der Waals surface area contributed by atoms with Gasteiger partial charge in [0, 0.05) is 30.6 Å². The summed E-state index contributed by atoms with van der Waals surface area (Å²) in [6, 6.07) is 6.48. The summed E-state index contributed by atoms with van der Waals surface area (Å²) in [5, 5.41) is 6.45. The van der Waals surface area contributed by atoms with Crippen molar-refractivity contribution < 1.29 is 9.13 Å². The minimum absolute atomic E-state index is 0.216. The van der Waals surface area contributed by atoms with Gasteiger partial charge in [-0.25, -0.2) is 9.37 Å². The molecule has 0 bridgehead atoms. The molecule has 1 aliphatic rings. The van der Waals surface area contributed by atoms with Gasteiger partial charge >= 0.3 is 0 Å². The van der Waals surface area contributed by atoms with E-state index in [1.54, 1.807) is 23.5 Å². The van der Waals surface area contributed by atoms with E-state index >= 15 is 0 Å². The van der Waals surface area contributed by atoms with E-state index in [1.165, 1.54) is 18.6 Å². The fourth-order valence-electron chi connectivity index (χ4n) is 2.49. The molecule has 2 aromatic rings. The fraction of sp³-hybridized carbons (Fsp3) is 0.438. The lowest BCUT2D eigenvalue weighted by Crippen LogP contribution is -2.28. The third-order valence-corrected chi connectivity index (χ3v) is 4.58. The van der Waals surface area contributed by atoms with Crippen molar-refractivity contribution in [2.45, 2.75) is 19.4 Å². The third-order valence-electron chi connectivity index (χ3n) is 3.64. The zero-order valence-corrected chi connectivity index (χ0v) is 12.7. The van der Waals surface area contributed by atoms with Gasteiger partial charge in [0.1, 0.15) is 10.8 Å². The van der Waals surface area contributed by atoms with Gasteiger partial charge in [-0.2, -0.15) is 0 Å². The standard InChI is InChI=1S/C16H19FN2OS/c17-14-5-3-13(4-6-14)16-19-15(11-21-16)9-18-8-12-2-1-7-20-10-12/h3-6,11-12,18H,1-2,7-10H2. The first-order valence-electron chi connectivity index (χ1n) is 7.30. The molecule has 0 aliphatic carbocycles. The zero-order chi connectivity index (χ0) is 14.5. The van der Waals surface area contributed by atoms with Crippen LogP contribution in [0.25, 0.3) is 10.6 Å². The molecule has 2 heterocycles. The average molecular weight is 306 g/mol. The molecule has 0 saturated carbocycles. The van der Waals surface area contributed by atoms with Crippen LogP contribution in [-0.2, 0) is 11.3 Å². The van der Waals surface area contributed by atoms with Crippen LogP contribution >= 0.6 is 11.3 Å². The van der Waals surface area contributed by atoms with Gasteiger partial charge in [-0.1, -0.05) is 0 Å². The highest BCUT2D eigenvalue weighted by Crippen LogP contribution is 2.23. The Labute approximate surface area is 128 Å². The minimum atomic E-state index is -0.216. The molecule has 1 aliphatic heterocycles. The number of thiazole rings is 1. The summed E-state index contributed by atoms with van der Waals surface area (Å²) >= 11 is 1.60. The zero-order valence-electron chi connectivity index (χ0n) is 11.8. The second-order valence-corrected chi connectivity index (χ2v) is 6.22. The van der Waals surface area contributed by atoms with Crippen molar-refractivity contribution in [3.63, 3.8) is 0 Å². The first-order valence-corrected chi connectivity index (χ1v) is 8.18. The van der Waals surface area contributed by atoms with E-state index in [9.17, 15) is 4.39 Å². The van der Waals surface area contributed by atoms with E-state index in [0.717, 1.165) is 49.0 Å². The van der Waals surface area contributed by atoms with Crippen molar-refractivity contribution >= 4 is 11.3 Å². The largest absolute Gasteiger partial charge is 0.381 e. The summed E-state index contributed by atoms with van der Waals surface area (Å²) in [4.78, 5) is 4.60. The van der Waals surface area contributed by atoms with Crippen LogP contribution in [0.5, 0.6) is 0 Å². The van der Waals surface area contributed by atoms with Crippen LogP contribution in [0.15, 0.2) is 29.6 Å². The van der Waals surface area contributed by atoms with E-state index in [4.69, 9.17) is 4.74 Å². The maximum Gasteiger partial charge on any atom is 0.123 e. The van der Waals surface area contributed by atoms with Gasteiger partial charge in [-0.15, -0.1) is 11.3 Å². The first-order chi connectivity index (χ1) is 10.3. The molecule has 112 valence electrons. The van der Waals surface area contributed by atoms with Gasteiger partial charge in [-0.05, 0) is 43.0 Å². The Morgan fingerprint density at radius 3 is 2.95 bits per heavy atom. The van der Waals surface area contributed by atoms with Gasteiger partial charge in [0.15, 0.2) is 0 Å². The molecular formula is C16H19FN2OS. The summed E-state index contributed by atoms with van der Waals surface area (Å²) in [6.07, 6.45) is 2.41. The topological polar surface area (TPSA) is 34.2 Å². The van der Waals surface area contributed by atoms with Crippen molar-refractivity contribution in [1.29, 1.82) is 0 Å². The second kappa shape index (κ2) is 7.11. The number of nitrogens with zero attached hydrogens (tertiary/aromatic N) is 1.